The average Bonchev–Trinajstić information content (AvgIpc) is 2.54. The molecular formula is C17H17ClINO2. The van der Waals surface area contributed by atoms with Gasteiger partial charge in [-0.2, -0.15) is 0 Å². The van der Waals surface area contributed by atoms with Crippen LogP contribution in [0, 0.1) is 3.57 Å². The number of hydrogen-bond acceptors (Lipinski definition) is 2. The third-order valence-electron chi connectivity index (χ3n) is 3.12. The SMILES string of the molecule is CCOCc1ccc(CNC(=O)c2cc(Cl)ccc2I)cc1. The van der Waals surface area contributed by atoms with Crippen LogP contribution >= 0.6 is 34.2 Å². The molecule has 0 aromatic heterocycles. The van der Waals surface area contributed by atoms with E-state index in [1.807, 2.05) is 37.3 Å². The fourth-order valence-electron chi connectivity index (χ4n) is 1.92. The first-order valence-corrected chi connectivity index (χ1v) is 8.44. The Bertz CT molecular complexity index is 644. The van der Waals surface area contributed by atoms with Crippen LogP contribution in [0.1, 0.15) is 28.4 Å². The van der Waals surface area contributed by atoms with Crippen LogP contribution in [0.3, 0.4) is 0 Å². The molecule has 0 fully saturated rings. The van der Waals surface area contributed by atoms with Crippen LogP contribution < -0.4 is 5.32 Å². The zero-order valence-corrected chi connectivity index (χ0v) is 15.1. The Morgan fingerprint density at radius 1 is 1.18 bits per heavy atom. The second-order valence-electron chi connectivity index (χ2n) is 4.76. The summed E-state index contributed by atoms with van der Waals surface area (Å²) in [5.41, 5.74) is 2.77. The Kier molecular flexibility index (Phi) is 6.67. The number of carbonyl (C=O) groups excluding carboxylic acids is 1. The number of ether oxygens (including phenoxy) is 1. The predicted molar refractivity (Wildman–Crippen MR) is 97.1 cm³/mol. The molecule has 0 atom stereocenters. The van der Waals surface area contributed by atoms with E-state index in [1.54, 1.807) is 12.1 Å². The van der Waals surface area contributed by atoms with Gasteiger partial charge in [-0.1, -0.05) is 35.9 Å². The molecule has 0 aliphatic rings. The molecule has 0 aliphatic carbocycles. The van der Waals surface area contributed by atoms with Crippen molar-refractivity contribution in [3.63, 3.8) is 0 Å². The second kappa shape index (κ2) is 8.50. The number of halogens is 2. The van der Waals surface area contributed by atoms with Gasteiger partial charge in [0.1, 0.15) is 0 Å². The second-order valence-corrected chi connectivity index (χ2v) is 6.36. The van der Waals surface area contributed by atoms with Gasteiger partial charge in [0.25, 0.3) is 5.91 Å². The van der Waals surface area contributed by atoms with E-state index in [2.05, 4.69) is 27.9 Å². The number of nitrogens with one attached hydrogen (secondary N) is 1. The lowest BCUT2D eigenvalue weighted by Gasteiger charge is -2.08. The maximum Gasteiger partial charge on any atom is 0.252 e. The minimum atomic E-state index is -0.120. The van der Waals surface area contributed by atoms with Crippen molar-refractivity contribution >= 4 is 40.1 Å². The molecule has 0 heterocycles. The smallest absolute Gasteiger partial charge is 0.252 e. The van der Waals surface area contributed by atoms with E-state index in [0.717, 1.165) is 14.7 Å². The lowest BCUT2D eigenvalue weighted by molar-refractivity contribution is 0.0950. The summed E-state index contributed by atoms with van der Waals surface area (Å²) in [5, 5.41) is 3.47. The van der Waals surface area contributed by atoms with Crippen molar-refractivity contribution in [1.29, 1.82) is 0 Å². The molecular weight excluding hydrogens is 413 g/mol. The molecule has 5 heteroatoms. The Balaban J connectivity index is 1.94. The summed E-state index contributed by atoms with van der Waals surface area (Å²) >= 11 is 8.07. The Morgan fingerprint density at radius 2 is 1.86 bits per heavy atom. The van der Waals surface area contributed by atoms with E-state index in [-0.39, 0.29) is 5.91 Å². The molecule has 1 amide bonds. The van der Waals surface area contributed by atoms with Gasteiger partial charge in [-0.05, 0) is 58.8 Å². The van der Waals surface area contributed by atoms with E-state index in [4.69, 9.17) is 16.3 Å². The molecule has 116 valence electrons. The molecule has 1 N–H and O–H groups in total. The topological polar surface area (TPSA) is 38.3 Å². The third kappa shape index (κ3) is 4.97. The molecule has 2 aromatic rings. The summed E-state index contributed by atoms with van der Waals surface area (Å²) in [6.45, 7) is 3.78. The van der Waals surface area contributed by atoms with E-state index in [9.17, 15) is 4.79 Å². The van der Waals surface area contributed by atoms with Crippen LogP contribution in [0.2, 0.25) is 5.02 Å². The van der Waals surface area contributed by atoms with Crippen LogP contribution in [0.5, 0.6) is 0 Å². The van der Waals surface area contributed by atoms with Gasteiger partial charge < -0.3 is 10.1 Å². The first kappa shape index (κ1) is 17.2. The molecule has 0 saturated heterocycles. The number of hydrogen-bond donors (Lipinski definition) is 1. The quantitative estimate of drug-likeness (QED) is 0.691. The highest BCUT2D eigenvalue weighted by molar-refractivity contribution is 14.1. The molecule has 2 rings (SSSR count). The normalized spacial score (nSPS) is 10.5. The summed E-state index contributed by atoms with van der Waals surface area (Å²) in [6, 6.07) is 13.3. The van der Waals surface area contributed by atoms with Crippen LogP contribution in [0.25, 0.3) is 0 Å². The molecule has 0 unspecified atom stereocenters. The average molecular weight is 430 g/mol. The van der Waals surface area contributed by atoms with Crippen molar-refractivity contribution in [2.75, 3.05) is 6.61 Å². The summed E-state index contributed by atoms with van der Waals surface area (Å²) < 4.78 is 6.24. The fraction of sp³-hybridized carbons (Fsp3) is 0.235. The molecule has 0 bridgehead atoms. The van der Waals surface area contributed by atoms with E-state index >= 15 is 0 Å². The van der Waals surface area contributed by atoms with E-state index in [1.165, 1.54) is 0 Å². The zero-order valence-electron chi connectivity index (χ0n) is 12.2. The highest BCUT2D eigenvalue weighted by Crippen LogP contribution is 2.18. The Hall–Kier alpha value is -1.11. The van der Waals surface area contributed by atoms with Gasteiger partial charge in [-0.3, -0.25) is 4.79 Å². The van der Waals surface area contributed by atoms with Gasteiger partial charge in [-0.15, -0.1) is 0 Å². The minimum absolute atomic E-state index is 0.120. The molecule has 0 spiro atoms. The molecule has 0 radical (unpaired) electrons. The van der Waals surface area contributed by atoms with Crippen LogP contribution in [-0.4, -0.2) is 12.5 Å². The van der Waals surface area contributed by atoms with Crippen molar-refractivity contribution < 1.29 is 9.53 Å². The highest BCUT2D eigenvalue weighted by Gasteiger charge is 2.10. The number of amides is 1. The Labute approximate surface area is 149 Å². The molecule has 0 aliphatic heterocycles. The van der Waals surface area contributed by atoms with E-state index < -0.39 is 0 Å². The predicted octanol–water partition coefficient (Wildman–Crippen LogP) is 4.41. The monoisotopic (exact) mass is 429 g/mol. The standard InChI is InChI=1S/C17H17ClINO2/c1-2-22-11-13-5-3-12(4-6-13)10-20-17(21)15-9-14(18)7-8-16(15)19/h3-9H,2,10-11H2,1H3,(H,20,21). The summed E-state index contributed by atoms with van der Waals surface area (Å²) in [5.74, 6) is -0.120. The number of benzene rings is 2. The van der Waals surface area contributed by atoms with Crippen LogP contribution in [-0.2, 0) is 17.9 Å². The van der Waals surface area contributed by atoms with Gasteiger partial charge in [0, 0.05) is 21.7 Å². The molecule has 3 nitrogen and oxygen atoms in total. The van der Waals surface area contributed by atoms with Gasteiger partial charge in [-0.25, -0.2) is 0 Å². The highest BCUT2D eigenvalue weighted by atomic mass is 127. The largest absolute Gasteiger partial charge is 0.377 e. The lowest BCUT2D eigenvalue weighted by atomic mass is 10.1. The van der Waals surface area contributed by atoms with Crippen molar-refractivity contribution in [3.05, 3.63) is 67.7 Å². The molecule has 0 saturated carbocycles. The lowest BCUT2D eigenvalue weighted by Crippen LogP contribution is -2.23. The van der Waals surface area contributed by atoms with E-state index in [0.29, 0.717) is 30.3 Å². The first-order valence-electron chi connectivity index (χ1n) is 6.99. The van der Waals surface area contributed by atoms with Gasteiger partial charge >= 0.3 is 0 Å². The van der Waals surface area contributed by atoms with Gasteiger partial charge in [0.05, 0.1) is 12.2 Å². The maximum absolute atomic E-state index is 12.2. The fourth-order valence-corrected chi connectivity index (χ4v) is 2.67. The van der Waals surface area contributed by atoms with Crippen molar-refractivity contribution in [2.24, 2.45) is 0 Å². The molecule has 22 heavy (non-hydrogen) atoms. The Morgan fingerprint density at radius 3 is 2.55 bits per heavy atom. The summed E-state index contributed by atoms with van der Waals surface area (Å²) in [6.07, 6.45) is 0. The molecule has 2 aromatic carbocycles. The third-order valence-corrected chi connectivity index (χ3v) is 4.30. The summed E-state index contributed by atoms with van der Waals surface area (Å²) in [7, 11) is 0. The zero-order chi connectivity index (χ0) is 15.9. The first-order chi connectivity index (χ1) is 10.6. The van der Waals surface area contributed by atoms with Gasteiger partial charge in [0.2, 0.25) is 0 Å². The van der Waals surface area contributed by atoms with Crippen molar-refractivity contribution in [3.8, 4) is 0 Å². The minimum Gasteiger partial charge on any atom is -0.377 e. The maximum atomic E-state index is 12.2. The van der Waals surface area contributed by atoms with Crippen molar-refractivity contribution in [2.45, 2.75) is 20.1 Å². The van der Waals surface area contributed by atoms with Crippen LogP contribution in [0.4, 0.5) is 0 Å². The van der Waals surface area contributed by atoms with Gasteiger partial charge in [0.15, 0.2) is 0 Å². The summed E-state index contributed by atoms with van der Waals surface area (Å²) in [4.78, 5) is 12.2. The number of rotatable bonds is 6. The van der Waals surface area contributed by atoms with Crippen molar-refractivity contribution in [1.82, 2.24) is 5.32 Å². The number of carbonyl (C=O) groups is 1. The van der Waals surface area contributed by atoms with Crippen LogP contribution in [0.15, 0.2) is 42.5 Å².